The average Bonchev–Trinajstić information content (AvgIpc) is 3.08. The lowest BCUT2D eigenvalue weighted by molar-refractivity contribution is 0.0945. The number of amides is 1. The SMILES string of the molecule is Cc1nn(-c2cccc(Cl)c2)c2sc(C(=O)N[C@@H](C)CN)cc12. The fraction of sp³-hybridized carbons (Fsp3) is 0.250. The molecule has 2 aromatic heterocycles. The molecule has 3 N–H and O–H groups in total. The zero-order valence-electron chi connectivity index (χ0n) is 12.8. The van der Waals surface area contributed by atoms with Crippen molar-refractivity contribution in [2.75, 3.05) is 6.54 Å². The molecule has 120 valence electrons. The monoisotopic (exact) mass is 348 g/mol. The number of carbonyl (C=O) groups excluding carboxylic acids is 1. The molecule has 0 fully saturated rings. The van der Waals surface area contributed by atoms with E-state index < -0.39 is 0 Å². The summed E-state index contributed by atoms with van der Waals surface area (Å²) in [7, 11) is 0. The Morgan fingerprint density at radius 2 is 2.26 bits per heavy atom. The van der Waals surface area contributed by atoms with Crippen molar-refractivity contribution in [3.05, 3.63) is 45.9 Å². The van der Waals surface area contributed by atoms with Gasteiger partial charge in [0.2, 0.25) is 0 Å². The third-order valence-electron chi connectivity index (χ3n) is 3.55. The number of thiophene rings is 1. The van der Waals surface area contributed by atoms with Crippen LogP contribution in [-0.2, 0) is 0 Å². The summed E-state index contributed by atoms with van der Waals surface area (Å²) < 4.78 is 1.82. The number of aromatic nitrogens is 2. The van der Waals surface area contributed by atoms with Gasteiger partial charge in [0.05, 0.1) is 16.3 Å². The van der Waals surface area contributed by atoms with Crippen LogP contribution in [0.1, 0.15) is 22.3 Å². The number of carbonyl (C=O) groups is 1. The van der Waals surface area contributed by atoms with Crippen molar-refractivity contribution in [3.63, 3.8) is 0 Å². The Morgan fingerprint density at radius 1 is 1.48 bits per heavy atom. The van der Waals surface area contributed by atoms with E-state index in [1.165, 1.54) is 11.3 Å². The van der Waals surface area contributed by atoms with Gasteiger partial charge in [-0.15, -0.1) is 11.3 Å². The molecule has 0 saturated heterocycles. The summed E-state index contributed by atoms with van der Waals surface area (Å²) in [6.07, 6.45) is 0. The van der Waals surface area contributed by atoms with Gasteiger partial charge in [0.25, 0.3) is 5.91 Å². The van der Waals surface area contributed by atoms with Crippen LogP contribution < -0.4 is 11.1 Å². The minimum atomic E-state index is -0.110. The lowest BCUT2D eigenvalue weighted by Crippen LogP contribution is -2.37. The Kier molecular flexibility index (Phi) is 4.39. The summed E-state index contributed by atoms with van der Waals surface area (Å²) in [6.45, 7) is 4.22. The summed E-state index contributed by atoms with van der Waals surface area (Å²) >= 11 is 7.48. The Bertz CT molecular complexity index is 870. The standard InChI is InChI=1S/C16H17ClN4OS/c1-9(8-18)19-15(22)14-7-13-10(2)20-21(16(13)23-14)12-5-3-4-11(17)6-12/h3-7,9H,8,18H2,1-2H3,(H,19,22)/t9-/m0/s1. The first-order valence-corrected chi connectivity index (χ1v) is 8.45. The molecule has 3 rings (SSSR count). The molecule has 0 saturated carbocycles. The predicted octanol–water partition coefficient (Wildman–Crippen LogP) is 3.13. The summed E-state index contributed by atoms with van der Waals surface area (Å²) in [4.78, 5) is 13.9. The number of nitrogens with zero attached hydrogens (tertiary/aromatic N) is 2. The molecule has 1 atom stereocenters. The van der Waals surface area contributed by atoms with Crippen LogP contribution in [0.4, 0.5) is 0 Å². The van der Waals surface area contributed by atoms with E-state index in [2.05, 4.69) is 10.4 Å². The fourth-order valence-electron chi connectivity index (χ4n) is 2.30. The van der Waals surface area contributed by atoms with Crippen LogP contribution in [0, 0.1) is 6.92 Å². The Hall–Kier alpha value is -1.89. The number of rotatable bonds is 4. The molecule has 0 spiro atoms. The van der Waals surface area contributed by atoms with Crippen molar-refractivity contribution in [2.24, 2.45) is 5.73 Å². The van der Waals surface area contributed by atoms with Crippen LogP contribution >= 0.6 is 22.9 Å². The normalized spacial score (nSPS) is 12.5. The molecule has 2 heterocycles. The van der Waals surface area contributed by atoms with Crippen LogP contribution in [0.15, 0.2) is 30.3 Å². The molecule has 3 aromatic rings. The van der Waals surface area contributed by atoms with Gasteiger partial charge < -0.3 is 11.1 Å². The van der Waals surface area contributed by atoms with Gasteiger partial charge in [-0.3, -0.25) is 4.79 Å². The van der Waals surface area contributed by atoms with Crippen molar-refractivity contribution in [2.45, 2.75) is 19.9 Å². The maximum atomic E-state index is 12.3. The van der Waals surface area contributed by atoms with E-state index in [9.17, 15) is 4.79 Å². The second-order valence-corrected chi connectivity index (χ2v) is 6.88. The third-order valence-corrected chi connectivity index (χ3v) is 4.90. The second kappa shape index (κ2) is 6.31. The maximum absolute atomic E-state index is 12.3. The predicted molar refractivity (Wildman–Crippen MR) is 94.7 cm³/mol. The first-order chi connectivity index (χ1) is 11.0. The van der Waals surface area contributed by atoms with Gasteiger partial charge in [-0.05, 0) is 38.1 Å². The first kappa shape index (κ1) is 16.0. The van der Waals surface area contributed by atoms with Crippen molar-refractivity contribution < 1.29 is 4.79 Å². The number of nitrogens with two attached hydrogens (primary N) is 1. The molecule has 1 aromatic carbocycles. The van der Waals surface area contributed by atoms with Crippen LogP contribution in [-0.4, -0.2) is 28.3 Å². The minimum Gasteiger partial charge on any atom is -0.348 e. The number of benzene rings is 1. The van der Waals surface area contributed by atoms with Crippen LogP contribution in [0.5, 0.6) is 0 Å². The number of nitrogens with one attached hydrogen (secondary N) is 1. The third kappa shape index (κ3) is 3.10. The molecule has 5 nitrogen and oxygen atoms in total. The van der Waals surface area contributed by atoms with Crippen molar-refractivity contribution in [1.82, 2.24) is 15.1 Å². The Morgan fingerprint density at radius 3 is 2.96 bits per heavy atom. The van der Waals surface area contributed by atoms with Gasteiger partial charge in [0.1, 0.15) is 4.83 Å². The molecular formula is C16H17ClN4OS. The summed E-state index contributed by atoms with van der Waals surface area (Å²) in [5, 5.41) is 9.06. The van der Waals surface area contributed by atoms with Gasteiger partial charge >= 0.3 is 0 Å². The molecular weight excluding hydrogens is 332 g/mol. The number of hydrogen-bond donors (Lipinski definition) is 2. The highest BCUT2D eigenvalue weighted by molar-refractivity contribution is 7.20. The van der Waals surface area contributed by atoms with Crippen molar-refractivity contribution in [1.29, 1.82) is 0 Å². The van der Waals surface area contributed by atoms with Gasteiger partial charge in [-0.25, -0.2) is 4.68 Å². The molecule has 23 heavy (non-hydrogen) atoms. The van der Waals surface area contributed by atoms with Crippen LogP contribution in [0.3, 0.4) is 0 Å². The quantitative estimate of drug-likeness (QED) is 0.760. The van der Waals surface area contributed by atoms with E-state index in [4.69, 9.17) is 17.3 Å². The highest BCUT2D eigenvalue weighted by Crippen LogP contribution is 2.30. The molecule has 0 aliphatic rings. The molecule has 0 radical (unpaired) electrons. The number of aryl methyl sites for hydroxylation is 1. The molecule has 0 aliphatic heterocycles. The number of fused-ring (bicyclic) bond motifs is 1. The minimum absolute atomic E-state index is 0.0572. The highest BCUT2D eigenvalue weighted by Gasteiger charge is 2.18. The summed E-state index contributed by atoms with van der Waals surface area (Å²) in [5.41, 5.74) is 7.31. The summed E-state index contributed by atoms with van der Waals surface area (Å²) in [6, 6.07) is 9.31. The fourth-order valence-corrected chi connectivity index (χ4v) is 3.57. The summed E-state index contributed by atoms with van der Waals surface area (Å²) in [5.74, 6) is -0.110. The van der Waals surface area contributed by atoms with E-state index in [0.29, 0.717) is 16.4 Å². The maximum Gasteiger partial charge on any atom is 0.261 e. The molecule has 7 heteroatoms. The van der Waals surface area contributed by atoms with Gasteiger partial charge in [0, 0.05) is 23.0 Å². The average molecular weight is 349 g/mol. The smallest absolute Gasteiger partial charge is 0.261 e. The number of hydrogen-bond acceptors (Lipinski definition) is 4. The molecule has 0 bridgehead atoms. The van der Waals surface area contributed by atoms with E-state index in [1.807, 2.05) is 48.9 Å². The van der Waals surface area contributed by atoms with E-state index in [-0.39, 0.29) is 11.9 Å². The zero-order valence-corrected chi connectivity index (χ0v) is 14.4. The van der Waals surface area contributed by atoms with E-state index in [0.717, 1.165) is 21.6 Å². The van der Waals surface area contributed by atoms with Crippen LogP contribution in [0.25, 0.3) is 15.9 Å². The topological polar surface area (TPSA) is 72.9 Å². The lowest BCUT2D eigenvalue weighted by Gasteiger charge is -2.09. The van der Waals surface area contributed by atoms with E-state index in [1.54, 1.807) is 0 Å². The van der Waals surface area contributed by atoms with Gasteiger partial charge in [-0.2, -0.15) is 5.10 Å². The lowest BCUT2D eigenvalue weighted by atomic mass is 10.3. The van der Waals surface area contributed by atoms with Crippen molar-refractivity contribution >= 4 is 39.1 Å². The van der Waals surface area contributed by atoms with Crippen molar-refractivity contribution in [3.8, 4) is 5.69 Å². The molecule has 0 aliphatic carbocycles. The van der Waals surface area contributed by atoms with E-state index >= 15 is 0 Å². The first-order valence-electron chi connectivity index (χ1n) is 7.25. The highest BCUT2D eigenvalue weighted by atomic mass is 35.5. The number of halogens is 1. The van der Waals surface area contributed by atoms with Gasteiger partial charge in [-0.1, -0.05) is 17.7 Å². The molecule has 0 unspecified atom stereocenters. The Balaban J connectivity index is 2.03. The largest absolute Gasteiger partial charge is 0.348 e. The zero-order chi connectivity index (χ0) is 16.6. The second-order valence-electron chi connectivity index (χ2n) is 5.42. The van der Waals surface area contributed by atoms with Gasteiger partial charge in [0.15, 0.2) is 0 Å². The molecule has 1 amide bonds. The Labute approximate surface area is 143 Å². The van der Waals surface area contributed by atoms with Crippen LogP contribution in [0.2, 0.25) is 5.02 Å².